The van der Waals surface area contributed by atoms with E-state index in [-0.39, 0.29) is 11.2 Å². The number of aromatic amines is 1. The number of likely N-dealkylation sites (tertiary alicyclic amines) is 1. The van der Waals surface area contributed by atoms with E-state index >= 15 is 0 Å². The highest BCUT2D eigenvalue weighted by atomic mass is 16.5. The summed E-state index contributed by atoms with van der Waals surface area (Å²) >= 11 is 0. The van der Waals surface area contributed by atoms with Crippen LogP contribution in [-0.2, 0) is 18.5 Å². The van der Waals surface area contributed by atoms with Crippen LogP contribution < -0.4 is 25.5 Å². The van der Waals surface area contributed by atoms with Gasteiger partial charge in [0, 0.05) is 49.9 Å². The molecule has 0 aliphatic carbocycles. The Morgan fingerprint density at radius 1 is 1.07 bits per heavy atom. The number of rotatable bonds is 5. The van der Waals surface area contributed by atoms with Gasteiger partial charge in [0.15, 0.2) is 0 Å². The molecule has 0 spiro atoms. The first-order valence-electron chi connectivity index (χ1n) is 14.8. The van der Waals surface area contributed by atoms with Gasteiger partial charge in [-0.1, -0.05) is 0 Å². The molecule has 3 aliphatic heterocycles. The Balaban J connectivity index is 1.39. The number of piperazine rings is 1. The fourth-order valence-electron chi connectivity index (χ4n) is 6.66. The van der Waals surface area contributed by atoms with Crippen molar-refractivity contribution < 1.29 is 4.74 Å². The van der Waals surface area contributed by atoms with Gasteiger partial charge in [-0.15, -0.1) is 0 Å². The van der Waals surface area contributed by atoms with E-state index in [1.54, 1.807) is 0 Å². The topological polar surface area (TPSA) is 94.5 Å². The van der Waals surface area contributed by atoms with Gasteiger partial charge in [-0.05, 0) is 84.7 Å². The van der Waals surface area contributed by atoms with Crippen molar-refractivity contribution in [2.45, 2.75) is 72.0 Å². The lowest BCUT2D eigenvalue weighted by Crippen LogP contribution is -2.45. The summed E-state index contributed by atoms with van der Waals surface area (Å²) in [6.07, 6.45) is 3.20. The molecule has 10 nitrogen and oxygen atoms in total. The molecule has 216 valence electrons. The average molecular weight is 549 g/mol. The highest BCUT2D eigenvalue weighted by Crippen LogP contribution is 2.37. The maximum atomic E-state index is 13.1. The van der Waals surface area contributed by atoms with Gasteiger partial charge >= 0.3 is 11.7 Å². The molecule has 0 bridgehead atoms. The normalized spacial score (nSPS) is 20.4. The number of aryl methyl sites for hydroxylation is 1. The molecule has 0 amide bonds. The summed E-state index contributed by atoms with van der Waals surface area (Å²) in [5.41, 5.74) is 7.18. The molecule has 5 heterocycles. The van der Waals surface area contributed by atoms with Crippen LogP contribution in [0.15, 0.2) is 10.9 Å². The number of likely N-dealkylation sites (N-methyl/N-ethyl adjacent to an activating group) is 1. The Labute approximate surface area is 236 Å². The summed E-state index contributed by atoms with van der Waals surface area (Å²) in [6, 6.07) is 3.03. The van der Waals surface area contributed by atoms with E-state index in [0.717, 1.165) is 80.3 Å². The second-order valence-electron chi connectivity index (χ2n) is 12.7. The largest absolute Gasteiger partial charge is 0.462 e. The lowest BCUT2D eigenvalue weighted by molar-refractivity contribution is 0.187. The number of hydrogen-bond acceptors (Lipinski definition) is 8. The molecular formula is C30H44N8O2. The van der Waals surface area contributed by atoms with E-state index in [4.69, 9.17) is 14.7 Å². The Hall–Kier alpha value is -3.11. The van der Waals surface area contributed by atoms with Crippen molar-refractivity contribution >= 4 is 22.5 Å². The van der Waals surface area contributed by atoms with Crippen molar-refractivity contribution in [3.8, 4) is 6.01 Å². The third kappa shape index (κ3) is 4.85. The monoisotopic (exact) mass is 548 g/mol. The summed E-state index contributed by atoms with van der Waals surface area (Å²) in [4.78, 5) is 33.5. The highest BCUT2D eigenvalue weighted by Gasteiger charge is 2.30. The quantitative estimate of drug-likeness (QED) is 0.503. The number of anilines is 2. The molecule has 1 atom stereocenters. The number of H-pyrrole nitrogens is 1. The van der Waals surface area contributed by atoms with Crippen molar-refractivity contribution in [3.63, 3.8) is 0 Å². The minimum absolute atomic E-state index is 0.0676. The van der Waals surface area contributed by atoms with Crippen LogP contribution in [0.3, 0.4) is 0 Å². The van der Waals surface area contributed by atoms with Crippen LogP contribution in [0.5, 0.6) is 6.01 Å². The molecule has 2 fully saturated rings. The standard InChI is InChI=1S/C30H44N8O2/c1-19-16-24-25(33-29(39)38(24)30(3,4)5)26(20(19)2)37-13-9-22-23(17-37)32-28(40-18-21-8-7-12-35(21)6)34-27(22)36-14-10-31-11-15-36/h16,21,31H,7-15,17-18H2,1-6H3,(H,33,39)/t21-/m0/s1. The molecule has 0 saturated carbocycles. The van der Waals surface area contributed by atoms with E-state index in [1.165, 1.54) is 23.1 Å². The zero-order chi connectivity index (χ0) is 28.2. The number of nitrogens with zero attached hydrogens (tertiary/aromatic N) is 6. The molecule has 3 aromatic rings. The van der Waals surface area contributed by atoms with Gasteiger partial charge in [-0.25, -0.2) is 4.79 Å². The van der Waals surface area contributed by atoms with Crippen molar-refractivity contribution in [3.05, 3.63) is 38.9 Å². The smallest absolute Gasteiger partial charge is 0.327 e. The zero-order valence-electron chi connectivity index (χ0n) is 24.9. The fourth-order valence-corrected chi connectivity index (χ4v) is 6.66. The molecular weight excluding hydrogens is 504 g/mol. The van der Waals surface area contributed by atoms with E-state index in [1.807, 2.05) is 4.57 Å². The Morgan fingerprint density at radius 3 is 2.55 bits per heavy atom. The number of aromatic nitrogens is 4. The number of hydrogen-bond donors (Lipinski definition) is 2. The Kier molecular flexibility index (Phi) is 7.02. The first kappa shape index (κ1) is 27.1. The minimum atomic E-state index is -0.326. The summed E-state index contributed by atoms with van der Waals surface area (Å²) in [5.74, 6) is 1.03. The van der Waals surface area contributed by atoms with Gasteiger partial charge in [-0.2, -0.15) is 9.97 Å². The van der Waals surface area contributed by atoms with Crippen LogP contribution in [-0.4, -0.2) is 83.4 Å². The predicted molar refractivity (Wildman–Crippen MR) is 160 cm³/mol. The Morgan fingerprint density at radius 2 is 1.85 bits per heavy atom. The maximum Gasteiger partial charge on any atom is 0.327 e. The predicted octanol–water partition coefficient (Wildman–Crippen LogP) is 2.94. The molecule has 40 heavy (non-hydrogen) atoms. The van der Waals surface area contributed by atoms with Crippen LogP contribution in [0.2, 0.25) is 0 Å². The molecule has 2 saturated heterocycles. The first-order valence-corrected chi connectivity index (χ1v) is 14.8. The number of fused-ring (bicyclic) bond motifs is 2. The summed E-state index contributed by atoms with van der Waals surface area (Å²) in [5, 5.41) is 3.46. The second kappa shape index (κ2) is 10.4. The number of benzene rings is 1. The number of ether oxygens (including phenoxy) is 1. The highest BCUT2D eigenvalue weighted by molar-refractivity contribution is 5.92. The van der Waals surface area contributed by atoms with Gasteiger partial charge in [0.1, 0.15) is 12.4 Å². The lowest BCUT2D eigenvalue weighted by Gasteiger charge is -2.36. The number of imidazole rings is 1. The molecule has 3 aliphatic rings. The van der Waals surface area contributed by atoms with Gasteiger partial charge < -0.3 is 29.7 Å². The molecule has 6 rings (SSSR count). The van der Waals surface area contributed by atoms with Crippen LogP contribution in [0, 0.1) is 13.8 Å². The van der Waals surface area contributed by atoms with Crippen LogP contribution >= 0.6 is 0 Å². The average Bonchev–Trinajstić information content (AvgIpc) is 3.49. The van der Waals surface area contributed by atoms with Crippen molar-refractivity contribution in [2.24, 2.45) is 0 Å². The third-order valence-electron chi connectivity index (χ3n) is 8.97. The van der Waals surface area contributed by atoms with E-state index < -0.39 is 0 Å². The SMILES string of the molecule is Cc1cc2c([nH]c(=O)n2C(C)(C)C)c(N2CCc3c(nc(OC[C@@H]4CCCN4C)nc3N3CCNCC3)C2)c1C. The van der Waals surface area contributed by atoms with E-state index in [0.29, 0.717) is 25.2 Å². The van der Waals surface area contributed by atoms with Crippen molar-refractivity contribution in [1.82, 2.24) is 29.7 Å². The molecule has 0 unspecified atom stereocenters. The number of nitrogens with one attached hydrogen (secondary N) is 2. The van der Waals surface area contributed by atoms with Gasteiger partial charge in [0.25, 0.3) is 0 Å². The lowest BCUT2D eigenvalue weighted by atomic mass is 9.99. The van der Waals surface area contributed by atoms with Crippen molar-refractivity contribution in [2.75, 3.05) is 62.7 Å². The molecule has 0 radical (unpaired) electrons. The zero-order valence-corrected chi connectivity index (χ0v) is 24.9. The Bertz CT molecular complexity index is 1460. The van der Waals surface area contributed by atoms with Crippen molar-refractivity contribution in [1.29, 1.82) is 0 Å². The summed E-state index contributed by atoms with van der Waals surface area (Å²) in [6.45, 7) is 17.5. The van der Waals surface area contributed by atoms with Gasteiger partial charge in [0.05, 0.1) is 29.0 Å². The van der Waals surface area contributed by atoms with Crippen LogP contribution in [0.25, 0.3) is 11.0 Å². The summed E-state index contributed by atoms with van der Waals surface area (Å²) in [7, 11) is 2.17. The van der Waals surface area contributed by atoms with E-state index in [2.05, 4.69) is 72.7 Å². The summed E-state index contributed by atoms with van der Waals surface area (Å²) < 4.78 is 8.17. The van der Waals surface area contributed by atoms with Crippen LogP contribution in [0.1, 0.15) is 56.0 Å². The first-order chi connectivity index (χ1) is 19.1. The minimum Gasteiger partial charge on any atom is -0.462 e. The molecule has 1 aromatic carbocycles. The van der Waals surface area contributed by atoms with Gasteiger partial charge in [0.2, 0.25) is 0 Å². The van der Waals surface area contributed by atoms with Crippen LogP contribution in [0.4, 0.5) is 11.5 Å². The third-order valence-corrected chi connectivity index (χ3v) is 8.97. The maximum absolute atomic E-state index is 13.1. The van der Waals surface area contributed by atoms with Gasteiger partial charge in [-0.3, -0.25) is 4.57 Å². The molecule has 2 aromatic heterocycles. The second-order valence-corrected chi connectivity index (χ2v) is 12.7. The molecule has 10 heteroatoms. The van der Waals surface area contributed by atoms with E-state index in [9.17, 15) is 4.79 Å². The fraction of sp³-hybridized carbons (Fsp3) is 0.633. The molecule has 2 N–H and O–H groups in total.